The Morgan fingerprint density at radius 3 is 3.00 bits per heavy atom. The molecule has 2 aromatic rings. The third kappa shape index (κ3) is 4.11. The number of imidazole rings is 1. The highest BCUT2D eigenvalue weighted by Gasteiger charge is 2.19. The average molecular weight is 300 g/mol. The zero-order valence-electron chi connectivity index (χ0n) is 12.1. The summed E-state index contributed by atoms with van der Waals surface area (Å²) in [5.74, 6) is 1.06. The van der Waals surface area contributed by atoms with Gasteiger partial charge in [-0.15, -0.1) is 0 Å². The zero-order chi connectivity index (χ0) is 14.5. The highest BCUT2D eigenvalue weighted by atomic mass is 32.2. The van der Waals surface area contributed by atoms with Crippen molar-refractivity contribution in [1.82, 2.24) is 14.9 Å². The van der Waals surface area contributed by atoms with Crippen LogP contribution in [0, 0.1) is 0 Å². The molecule has 1 aliphatic rings. The van der Waals surface area contributed by atoms with Gasteiger partial charge in [-0.25, -0.2) is 4.98 Å². The monoisotopic (exact) mass is 300 g/mol. The van der Waals surface area contributed by atoms with Crippen molar-refractivity contribution in [2.75, 3.05) is 5.75 Å². The molecule has 0 fully saturated rings. The number of amidine groups is 1. The number of hydrogen-bond donors (Lipinski definition) is 1. The summed E-state index contributed by atoms with van der Waals surface area (Å²) >= 11 is 1.82. The van der Waals surface area contributed by atoms with E-state index in [9.17, 15) is 0 Å². The van der Waals surface area contributed by atoms with Crippen molar-refractivity contribution in [2.45, 2.75) is 32.0 Å². The van der Waals surface area contributed by atoms with Crippen LogP contribution in [0.2, 0.25) is 0 Å². The third-order valence-electron chi connectivity index (χ3n) is 3.44. The van der Waals surface area contributed by atoms with Crippen LogP contribution in [-0.2, 0) is 13.0 Å². The fourth-order valence-electron chi connectivity index (χ4n) is 2.45. The first-order valence-corrected chi connectivity index (χ1v) is 8.25. The Morgan fingerprint density at radius 2 is 2.24 bits per heavy atom. The number of thioether (sulfide) groups is 1. The van der Waals surface area contributed by atoms with Crippen molar-refractivity contribution >= 4 is 16.9 Å². The molecule has 5 heteroatoms. The second kappa shape index (κ2) is 6.80. The van der Waals surface area contributed by atoms with Gasteiger partial charge in [0.25, 0.3) is 0 Å². The summed E-state index contributed by atoms with van der Waals surface area (Å²) in [5.41, 5.74) is 1.36. The minimum atomic E-state index is 0.348. The van der Waals surface area contributed by atoms with Gasteiger partial charge in [0.05, 0.1) is 12.4 Å². The van der Waals surface area contributed by atoms with Gasteiger partial charge in [-0.3, -0.25) is 4.99 Å². The number of nitrogens with one attached hydrogen (secondary N) is 1. The summed E-state index contributed by atoms with van der Waals surface area (Å²) in [6.45, 7) is 3.08. The third-order valence-corrected chi connectivity index (χ3v) is 4.49. The lowest BCUT2D eigenvalue weighted by Crippen LogP contribution is -2.33. The molecule has 2 atom stereocenters. The second-order valence-electron chi connectivity index (χ2n) is 5.39. The molecule has 2 unspecified atom stereocenters. The molecule has 0 aliphatic carbocycles. The van der Waals surface area contributed by atoms with E-state index in [1.165, 1.54) is 5.56 Å². The largest absolute Gasteiger partial charge is 0.361 e. The smallest absolute Gasteiger partial charge is 0.157 e. The van der Waals surface area contributed by atoms with Crippen molar-refractivity contribution in [2.24, 2.45) is 4.99 Å². The van der Waals surface area contributed by atoms with E-state index in [4.69, 9.17) is 4.99 Å². The van der Waals surface area contributed by atoms with Crippen molar-refractivity contribution in [3.63, 3.8) is 0 Å². The maximum Gasteiger partial charge on any atom is 0.157 e. The molecular weight excluding hydrogens is 280 g/mol. The summed E-state index contributed by atoms with van der Waals surface area (Å²) in [6, 6.07) is 11.3. The van der Waals surface area contributed by atoms with E-state index in [0.717, 1.165) is 23.9 Å². The first kappa shape index (κ1) is 14.2. The fourth-order valence-corrected chi connectivity index (χ4v) is 3.50. The molecule has 2 heterocycles. The highest BCUT2D eigenvalue weighted by molar-refractivity contribution is 8.14. The zero-order valence-corrected chi connectivity index (χ0v) is 13.0. The van der Waals surface area contributed by atoms with Gasteiger partial charge in [0.2, 0.25) is 0 Å². The Labute approximate surface area is 129 Å². The molecular formula is C16H20N4S. The van der Waals surface area contributed by atoms with Crippen molar-refractivity contribution in [3.8, 4) is 0 Å². The lowest BCUT2D eigenvalue weighted by molar-refractivity contribution is 0.547. The highest BCUT2D eigenvalue weighted by Crippen LogP contribution is 2.20. The second-order valence-corrected chi connectivity index (χ2v) is 6.40. The van der Waals surface area contributed by atoms with Crippen LogP contribution in [0.1, 0.15) is 12.5 Å². The molecule has 0 saturated carbocycles. The van der Waals surface area contributed by atoms with Gasteiger partial charge in [0, 0.05) is 30.7 Å². The number of nitrogens with zero attached hydrogens (tertiary/aromatic N) is 3. The van der Waals surface area contributed by atoms with Gasteiger partial charge in [0.15, 0.2) is 5.17 Å². The Balaban J connectivity index is 1.51. The normalized spacial score (nSPS) is 19.3. The maximum atomic E-state index is 4.80. The number of benzene rings is 1. The van der Waals surface area contributed by atoms with E-state index in [0.29, 0.717) is 12.1 Å². The van der Waals surface area contributed by atoms with Gasteiger partial charge in [-0.05, 0) is 18.9 Å². The number of hydrogen-bond acceptors (Lipinski definition) is 4. The minimum Gasteiger partial charge on any atom is -0.361 e. The summed E-state index contributed by atoms with van der Waals surface area (Å²) in [6.07, 6.45) is 6.67. The van der Waals surface area contributed by atoms with Crippen LogP contribution >= 0.6 is 11.8 Å². The molecule has 3 rings (SSSR count). The summed E-state index contributed by atoms with van der Waals surface area (Å²) in [7, 11) is 0. The maximum absolute atomic E-state index is 4.80. The molecule has 0 bridgehead atoms. The van der Waals surface area contributed by atoms with E-state index in [1.807, 2.05) is 30.5 Å². The average Bonchev–Trinajstić information content (AvgIpc) is 3.12. The Morgan fingerprint density at radius 1 is 1.38 bits per heavy atom. The van der Waals surface area contributed by atoms with Gasteiger partial charge in [-0.1, -0.05) is 42.1 Å². The molecule has 1 aromatic heterocycles. The molecule has 0 spiro atoms. The molecule has 4 nitrogen and oxygen atoms in total. The van der Waals surface area contributed by atoms with Crippen LogP contribution in [0.5, 0.6) is 0 Å². The van der Waals surface area contributed by atoms with Crippen LogP contribution in [-0.4, -0.2) is 32.6 Å². The van der Waals surface area contributed by atoms with E-state index in [-0.39, 0.29) is 0 Å². The lowest BCUT2D eigenvalue weighted by atomic mass is 10.1. The number of aliphatic imine (C=N–C) groups is 1. The fraction of sp³-hybridized carbons (Fsp3) is 0.375. The van der Waals surface area contributed by atoms with Crippen LogP contribution < -0.4 is 5.32 Å². The molecule has 110 valence electrons. The minimum absolute atomic E-state index is 0.348. The van der Waals surface area contributed by atoms with Gasteiger partial charge in [0.1, 0.15) is 0 Å². The molecule has 0 amide bonds. The number of rotatable bonds is 5. The van der Waals surface area contributed by atoms with Crippen molar-refractivity contribution in [3.05, 3.63) is 54.6 Å². The molecule has 21 heavy (non-hydrogen) atoms. The summed E-state index contributed by atoms with van der Waals surface area (Å²) in [4.78, 5) is 8.86. The first-order valence-electron chi connectivity index (χ1n) is 7.26. The quantitative estimate of drug-likeness (QED) is 0.923. The summed E-state index contributed by atoms with van der Waals surface area (Å²) < 4.78 is 2.08. The van der Waals surface area contributed by atoms with Crippen LogP contribution in [0.15, 0.2) is 54.0 Å². The van der Waals surface area contributed by atoms with Gasteiger partial charge < -0.3 is 9.88 Å². The van der Waals surface area contributed by atoms with E-state index in [2.05, 4.69) is 52.1 Å². The van der Waals surface area contributed by atoms with E-state index in [1.54, 1.807) is 0 Å². The molecule has 1 aromatic carbocycles. The SMILES string of the molecule is CC(Cn1ccnc1)NC1=NC(Cc2ccccc2)CS1. The molecule has 1 N–H and O–H groups in total. The van der Waals surface area contributed by atoms with Crippen molar-refractivity contribution < 1.29 is 0 Å². The lowest BCUT2D eigenvalue weighted by Gasteiger charge is -2.14. The Hall–Kier alpha value is -1.75. The predicted molar refractivity (Wildman–Crippen MR) is 88.7 cm³/mol. The van der Waals surface area contributed by atoms with E-state index < -0.39 is 0 Å². The molecule has 0 radical (unpaired) electrons. The predicted octanol–water partition coefficient (Wildman–Crippen LogP) is 2.58. The topological polar surface area (TPSA) is 42.2 Å². The van der Waals surface area contributed by atoms with Crippen molar-refractivity contribution in [1.29, 1.82) is 0 Å². The van der Waals surface area contributed by atoms with Gasteiger partial charge in [-0.2, -0.15) is 0 Å². The molecule has 0 saturated heterocycles. The van der Waals surface area contributed by atoms with Crippen LogP contribution in [0.4, 0.5) is 0 Å². The Kier molecular flexibility index (Phi) is 4.60. The van der Waals surface area contributed by atoms with E-state index >= 15 is 0 Å². The van der Waals surface area contributed by atoms with Crippen LogP contribution in [0.25, 0.3) is 0 Å². The summed E-state index contributed by atoms with van der Waals surface area (Å²) in [5, 5.41) is 4.57. The molecule has 1 aliphatic heterocycles. The van der Waals surface area contributed by atoms with Gasteiger partial charge >= 0.3 is 0 Å². The van der Waals surface area contributed by atoms with Crippen LogP contribution in [0.3, 0.4) is 0 Å². The Bertz CT molecular complexity index is 580. The first-order chi connectivity index (χ1) is 10.3. The standard InChI is InChI=1S/C16H20N4S/c1-13(10-20-8-7-17-12-20)18-16-19-15(11-21-16)9-14-5-3-2-4-6-14/h2-8,12-13,15H,9-11H2,1H3,(H,18,19). The number of aromatic nitrogens is 2.